The van der Waals surface area contributed by atoms with E-state index in [1.165, 1.54) is 6.33 Å². The fourth-order valence-corrected chi connectivity index (χ4v) is 1.83. The number of ketones is 1. The molecular weight excluding hydrogens is 291 g/mol. The van der Waals surface area contributed by atoms with Crippen molar-refractivity contribution in [1.82, 2.24) is 9.55 Å². The summed E-state index contributed by atoms with van der Waals surface area (Å²) in [6.07, 6.45) is 3.90. The first kappa shape index (κ1) is 18.8. The van der Waals surface area contributed by atoms with E-state index in [1.54, 1.807) is 17.7 Å². The number of rotatable bonds is 6. The van der Waals surface area contributed by atoms with Gasteiger partial charge in [0.1, 0.15) is 5.69 Å². The van der Waals surface area contributed by atoms with Gasteiger partial charge in [-0.05, 0) is 12.5 Å². The number of carbonyl (C=O) groups is 2. The zero-order valence-corrected chi connectivity index (χ0v) is 12.1. The first-order chi connectivity index (χ1) is 10.6. The first-order valence-corrected chi connectivity index (χ1v) is 6.78. The van der Waals surface area contributed by atoms with Crippen LogP contribution < -0.4 is 0 Å². The van der Waals surface area contributed by atoms with Gasteiger partial charge in [0.15, 0.2) is 0 Å². The van der Waals surface area contributed by atoms with Gasteiger partial charge in [-0.2, -0.15) is 0 Å². The zero-order valence-electron chi connectivity index (χ0n) is 12.1. The van der Waals surface area contributed by atoms with Crippen molar-refractivity contribution in [2.45, 2.75) is 13.5 Å². The summed E-state index contributed by atoms with van der Waals surface area (Å²) >= 11 is 0. The standard InChI is InChI=1S/C16H16N2O4.Li.H/c1-2-22-16(21)15(20)8-14(19)13-10-18(11-17-13)9-12-6-4-3-5-7-12;;/h3-8,10-11,20H,2,9H2,1H3;;/b15-8+;;. The molecule has 0 unspecified atom stereocenters. The number of aromatic nitrogens is 2. The summed E-state index contributed by atoms with van der Waals surface area (Å²) in [6, 6.07) is 9.72. The van der Waals surface area contributed by atoms with E-state index < -0.39 is 17.5 Å². The van der Waals surface area contributed by atoms with Crippen molar-refractivity contribution in [3.8, 4) is 0 Å². The van der Waals surface area contributed by atoms with Gasteiger partial charge in [-0.15, -0.1) is 0 Å². The molecule has 0 aliphatic heterocycles. The Bertz CT molecular complexity index is 695. The van der Waals surface area contributed by atoms with Gasteiger partial charge in [-0.1, -0.05) is 30.3 Å². The predicted molar refractivity (Wildman–Crippen MR) is 86.6 cm³/mol. The number of hydrogen-bond donors (Lipinski definition) is 1. The monoisotopic (exact) mass is 308 g/mol. The third kappa shape index (κ3) is 5.44. The van der Waals surface area contributed by atoms with E-state index in [1.807, 2.05) is 30.3 Å². The van der Waals surface area contributed by atoms with Crippen LogP contribution in [0.25, 0.3) is 0 Å². The Kier molecular flexibility index (Phi) is 7.33. The molecule has 1 aromatic carbocycles. The number of aliphatic hydroxyl groups excluding tert-OH is 1. The third-order valence-corrected chi connectivity index (χ3v) is 2.85. The predicted octanol–water partition coefficient (Wildman–Crippen LogP) is 1.47. The van der Waals surface area contributed by atoms with Gasteiger partial charge in [-0.3, -0.25) is 4.79 Å². The molecule has 0 aliphatic carbocycles. The van der Waals surface area contributed by atoms with Crippen LogP contribution in [-0.2, 0) is 16.1 Å². The summed E-state index contributed by atoms with van der Waals surface area (Å²) in [6.45, 7) is 2.31. The molecule has 6 nitrogen and oxygen atoms in total. The second kappa shape index (κ2) is 8.98. The maximum absolute atomic E-state index is 11.9. The number of ether oxygens (including phenoxy) is 1. The Labute approximate surface area is 146 Å². The molecule has 0 saturated heterocycles. The second-order valence-electron chi connectivity index (χ2n) is 4.53. The van der Waals surface area contributed by atoms with Crippen molar-refractivity contribution in [2.24, 2.45) is 0 Å². The Morgan fingerprint density at radius 2 is 2.00 bits per heavy atom. The Morgan fingerprint density at radius 1 is 1.30 bits per heavy atom. The second-order valence-corrected chi connectivity index (χ2v) is 4.53. The van der Waals surface area contributed by atoms with E-state index in [2.05, 4.69) is 9.72 Å². The van der Waals surface area contributed by atoms with Gasteiger partial charge in [-0.25, -0.2) is 9.78 Å². The molecule has 7 heteroatoms. The summed E-state index contributed by atoms with van der Waals surface area (Å²) in [4.78, 5) is 27.1. The van der Waals surface area contributed by atoms with Crippen molar-refractivity contribution < 1.29 is 19.4 Å². The molecule has 0 bridgehead atoms. The minimum absolute atomic E-state index is 0. The van der Waals surface area contributed by atoms with Gasteiger partial charge < -0.3 is 14.4 Å². The zero-order chi connectivity index (χ0) is 15.9. The van der Waals surface area contributed by atoms with Crippen molar-refractivity contribution in [3.05, 3.63) is 65.9 Å². The number of hydrogen-bond acceptors (Lipinski definition) is 5. The molecule has 1 N–H and O–H groups in total. The molecule has 23 heavy (non-hydrogen) atoms. The number of carbonyl (C=O) groups excluding carboxylic acids is 2. The molecule has 0 aliphatic rings. The fourth-order valence-electron chi connectivity index (χ4n) is 1.83. The van der Waals surface area contributed by atoms with Crippen LogP contribution in [0.4, 0.5) is 0 Å². The minimum atomic E-state index is -0.931. The van der Waals surface area contributed by atoms with Crippen LogP contribution >= 0.6 is 0 Å². The van der Waals surface area contributed by atoms with Crippen LogP contribution in [-0.4, -0.2) is 51.9 Å². The van der Waals surface area contributed by atoms with Gasteiger partial charge >= 0.3 is 24.8 Å². The average molecular weight is 308 g/mol. The number of nitrogens with zero attached hydrogens (tertiary/aromatic N) is 2. The van der Waals surface area contributed by atoms with E-state index >= 15 is 0 Å². The van der Waals surface area contributed by atoms with Crippen LogP contribution in [0.15, 0.2) is 54.7 Å². The molecular formula is C16H17LiN2O4. The van der Waals surface area contributed by atoms with Crippen LogP contribution in [0.5, 0.6) is 0 Å². The van der Waals surface area contributed by atoms with Crippen molar-refractivity contribution in [2.75, 3.05) is 6.61 Å². The molecule has 1 aromatic heterocycles. The summed E-state index contributed by atoms with van der Waals surface area (Å²) in [5.74, 6) is -2.22. The molecule has 0 spiro atoms. The van der Waals surface area contributed by atoms with Crippen molar-refractivity contribution in [3.63, 3.8) is 0 Å². The molecule has 116 valence electrons. The molecule has 0 saturated carbocycles. The Hall–Kier alpha value is -2.29. The summed E-state index contributed by atoms with van der Waals surface area (Å²) in [7, 11) is 0. The van der Waals surface area contributed by atoms with Crippen molar-refractivity contribution in [1.29, 1.82) is 0 Å². The molecule has 0 radical (unpaired) electrons. The van der Waals surface area contributed by atoms with E-state index in [0.29, 0.717) is 6.54 Å². The fraction of sp³-hybridized carbons (Fsp3) is 0.188. The van der Waals surface area contributed by atoms with Gasteiger partial charge in [0.05, 0.1) is 12.9 Å². The average Bonchev–Trinajstić information content (AvgIpc) is 2.97. The maximum atomic E-state index is 11.9. The number of esters is 1. The van der Waals surface area contributed by atoms with E-state index in [0.717, 1.165) is 11.6 Å². The number of aliphatic hydroxyl groups is 1. The van der Waals surface area contributed by atoms with Gasteiger partial charge in [0.2, 0.25) is 11.5 Å². The topological polar surface area (TPSA) is 81.4 Å². The summed E-state index contributed by atoms with van der Waals surface area (Å²) < 4.78 is 6.34. The number of benzene rings is 1. The molecule has 0 atom stereocenters. The van der Waals surface area contributed by atoms with Gasteiger partial charge in [0, 0.05) is 18.8 Å². The van der Waals surface area contributed by atoms with Gasteiger partial charge in [0.25, 0.3) is 0 Å². The Balaban J connectivity index is 0.00000264. The van der Waals surface area contributed by atoms with Crippen LogP contribution in [0.3, 0.4) is 0 Å². The Morgan fingerprint density at radius 3 is 2.65 bits per heavy atom. The van der Waals surface area contributed by atoms with Crippen LogP contribution in [0, 0.1) is 0 Å². The van der Waals surface area contributed by atoms with Crippen molar-refractivity contribution >= 4 is 30.6 Å². The van der Waals surface area contributed by atoms with Crippen LogP contribution in [0.2, 0.25) is 0 Å². The van der Waals surface area contributed by atoms with Crippen LogP contribution in [0.1, 0.15) is 23.0 Å². The number of imidazole rings is 1. The third-order valence-electron chi connectivity index (χ3n) is 2.85. The molecule has 0 fully saturated rings. The molecule has 0 amide bonds. The van der Waals surface area contributed by atoms with E-state index in [9.17, 15) is 14.7 Å². The molecule has 2 aromatic rings. The summed E-state index contributed by atoms with van der Waals surface area (Å²) in [5.41, 5.74) is 1.22. The SMILES string of the molecule is CCOC(=O)/C(O)=C\C(=O)c1cn(Cc2ccccc2)cn1.[LiH]. The molecule has 1 heterocycles. The first-order valence-electron chi connectivity index (χ1n) is 6.78. The summed E-state index contributed by atoms with van der Waals surface area (Å²) in [5, 5.41) is 9.45. The van der Waals surface area contributed by atoms with E-state index in [4.69, 9.17) is 0 Å². The molecule has 2 rings (SSSR count). The normalized spacial score (nSPS) is 10.7. The quantitative estimate of drug-likeness (QED) is 0.287. The van der Waals surface area contributed by atoms with E-state index in [-0.39, 0.29) is 31.2 Å². The number of allylic oxidation sites excluding steroid dienone is 1.